The van der Waals surface area contributed by atoms with Crippen LogP contribution in [0, 0.1) is 16.7 Å². The average Bonchev–Trinajstić information content (AvgIpc) is 2.76. The van der Waals surface area contributed by atoms with Gasteiger partial charge in [-0.25, -0.2) is 9.59 Å². The lowest BCUT2D eigenvalue weighted by molar-refractivity contribution is -0.369. The predicted octanol–water partition coefficient (Wildman–Crippen LogP) is 1.55. The van der Waals surface area contributed by atoms with Crippen molar-refractivity contribution < 1.29 is 44.0 Å². The fourth-order valence-electron chi connectivity index (χ4n) is 6.72. The van der Waals surface area contributed by atoms with Gasteiger partial charge >= 0.3 is 12.1 Å². The van der Waals surface area contributed by atoms with Crippen molar-refractivity contribution in [2.24, 2.45) is 16.7 Å². The van der Waals surface area contributed by atoms with Crippen LogP contribution in [-0.4, -0.2) is 68.3 Å². The summed E-state index contributed by atoms with van der Waals surface area (Å²) in [4.78, 5) is 42.3. The molecule has 1 saturated heterocycles. The van der Waals surface area contributed by atoms with Gasteiger partial charge in [-0.1, -0.05) is 33.8 Å². The summed E-state index contributed by atoms with van der Waals surface area (Å²) in [6.07, 6.45) is -3.27. The number of aliphatic hydroxyl groups excluding tert-OH is 2. The monoisotopic (exact) mass is 483 g/mol. The quantitative estimate of drug-likeness (QED) is 0.346. The highest BCUT2D eigenvalue weighted by atomic mass is 16.7. The number of aliphatic hydroxyl groups is 3. The van der Waals surface area contributed by atoms with E-state index >= 15 is 0 Å². The average molecular weight is 484 g/mol. The molecule has 8 atom stereocenters. The number of Topliss-reactive ketones (excluding diaryl/α,β-unsaturated/α-hetero) is 1. The summed E-state index contributed by atoms with van der Waals surface area (Å²) >= 11 is 0. The zero-order valence-electron chi connectivity index (χ0n) is 20.7. The van der Waals surface area contributed by atoms with E-state index in [9.17, 15) is 29.7 Å². The van der Waals surface area contributed by atoms with E-state index in [1.165, 1.54) is 13.0 Å². The molecule has 3 rings (SSSR count). The van der Waals surface area contributed by atoms with Crippen molar-refractivity contribution in [2.45, 2.75) is 102 Å². The number of amides is 1. The highest BCUT2D eigenvalue weighted by molar-refractivity contribution is 5.92. The smallest absolute Gasteiger partial charge is 0.441 e. The molecule has 0 unspecified atom stereocenters. The van der Waals surface area contributed by atoms with Gasteiger partial charge in [0.15, 0.2) is 11.4 Å². The first-order valence-electron chi connectivity index (χ1n) is 11.7. The molecule has 0 aromatic heterocycles. The molecule has 0 spiro atoms. The highest BCUT2D eigenvalue weighted by Gasteiger charge is 2.81. The van der Waals surface area contributed by atoms with E-state index in [4.69, 9.17) is 9.47 Å². The third kappa shape index (κ3) is 3.49. The van der Waals surface area contributed by atoms with Crippen LogP contribution in [0.1, 0.15) is 67.2 Å². The summed E-state index contributed by atoms with van der Waals surface area (Å²) < 4.78 is 11.8. The minimum Gasteiger partial charge on any atom is -0.441 e. The zero-order valence-corrected chi connectivity index (χ0v) is 20.7. The van der Waals surface area contributed by atoms with Crippen LogP contribution in [0.4, 0.5) is 4.79 Å². The Morgan fingerprint density at radius 1 is 1.24 bits per heavy atom. The summed E-state index contributed by atoms with van der Waals surface area (Å²) in [5.41, 5.74) is -5.78. The first kappa shape index (κ1) is 26.6. The Labute approximate surface area is 199 Å². The molecule has 0 radical (unpaired) electrons. The molecule has 3 fully saturated rings. The van der Waals surface area contributed by atoms with Crippen LogP contribution in [0.2, 0.25) is 0 Å². The molecular weight excluding hydrogens is 446 g/mol. The molecule has 1 aliphatic heterocycles. The fraction of sp³-hybridized carbons (Fsp3) is 0.792. The third-order valence-electron chi connectivity index (χ3n) is 8.52. The molecule has 1 heterocycles. The Balaban J connectivity index is 2.16. The minimum atomic E-state index is -2.30. The topological polar surface area (TPSA) is 152 Å². The molecule has 34 heavy (non-hydrogen) atoms. The molecule has 0 aromatic rings. The van der Waals surface area contributed by atoms with E-state index in [1.54, 1.807) is 20.8 Å². The van der Waals surface area contributed by atoms with Crippen molar-refractivity contribution >= 4 is 17.8 Å². The Morgan fingerprint density at radius 3 is 2.41 bits per heavy atom. The summed E-state index contributed by atoms with van der Waals surface area (Å²) in [7, 11) is 0. The maximum atomic E-state index is 13.7. The van der Waals surface area contributed by atoms with E-state index in [-0.39, 0.29) is 19.3 Å². The Kier molecular flexibility index (Phi) is 6.48. The molecule has 2 aliphatic carbocycles. The second-order valence-electron chi connectivity index (χ2n) is 11.1. The Hall–Kier alpha value is -2.01. The van der Waals surface area contributed by atoms with Gasteiger partial charge in [-0.05, 0) is 32.1 Å². The van der Waals surface area contributed by atoms with Gasteiger partial charge in [0, 0.05) is 24.2 Å². The minimum absolute atomic E-state index is 0.0213. The van der Waals surface area contributed by atoms with Crippen LogP contribution in [0.3, 0.4) is 0 Å². The van der Waals surface area contributed by atoms with Gasteiger partial charge in [0.05, 0.1) is 11.7 Å². The molecule has 0 bridgehead atoms. The number of fused-ring (bicyclic) bond motifs is 3. The van der Waals surface area contributed by atoms with Gasteiger partial charge in [0.1, 0.15) is 17.8 Å². The molecule has 10 heteroatoms. The summed E-state index contributed by atoms with van der Waals surface area (Å²) in [6.45, 7) is 13.6. The summed E-state index contributed by atoms with van der Waals surface area (Å²) in [5.74, 6) is -2.14. The van der Waals surface area contributed by atoms with Crippen LogP contribution in [0.5, 0.6) is 0 Å². The molecule has 4 N–H and O–H groups in total. The summed E-state index contributed by atoms with van der Waals surface area (Å²) in [6, 6.07) is 0. The number of ketones is 1. The van der Waals surface area contributed by atoms with Crippen LogP contribution in [0.25, 0.3) is 0 Å². The van der Waals surface area contributed by atoms with E-state index < -0.39 is 69.7 Å². The lowest BCUT2D eigenvalue weighted by Crippen LogP contribution is -2.86. The normalized spacial score (nSPS) is 45.4. The molecular formula is C24H37NO9. The molecule has 2 saturated carbocycles. The molecule has 192 valence electrons. The molecule has 3 aliphatic rings. The first-order valence-corrected chi connectivity index (χ1v) is 11.7. The van der Waals surface area contributed by atoms with Gasteiger partial charge in [-0.2, -0.15) is 0 Å². The number of hydrogen-bond donors (Lipinski definition) is 4. The van der Waals surface area contributed by atoms with E-state index in [2.05, 4.69) is 11.4 Å². The number of carbonyl (C=O) groups is 3. The maximum absolute atomic E-state index is 13.7. The largest absolute Gasteiger partial charge is 0.441 e. The standard InChI is InChI=1S/C24H37NO9/c1-8-15(28)33-25-19(30)32-16-17-20(3,4)11-10-13(26)22(17,6)24(31)14(27)12-21(5,9-2)34-23(24,7)18(16)29/h9,13,16-18,26,29,31H,2,8,10-12H2,1,3-7H3,(H,25,30)/t13-,16-,17-,18-,21-,22-,23+,24-/m0/s1. The lowest BCUT2D eigenvalue weighted by Gasteiger charge is -2.71. The third-order valence-corrected chi connectivity index (χ3v) is 8.52. The second kappa shape index (κ2) is 8.29. The van der Waals surface area contributed by atoms with Crippen LogP contribution in [0.15, 0.2) is 12.7 Å². The molecule has 1 amide bonds. The van der Waals surface area contributed by atoms with Crippen molar-refractivity contribution in [3.63, 3.8) is 0 Å². The number of rotatable bonds is 3. The SMILES string of the molecule is C=C[C@@]1(C)CC(=O)[C@]2(O)[C@@]3(C)[C@@H](O)CCC(C)(C)[C@@H]3[C@H](OC(=O)NOC(=O)CC)[C@H](O)[C@@]2(C)O1. The van der Waals surface area contributed by atoms with Crippen molar-refractivity contribution in [2.75, 3.05) is 0 Å². The number of hydroxylamine groups is 1. The van der Waals surface area contributed by atoms with Crippen molar-refractivity contribution in [3.05, 3.63) is 12.7 Å². The van der Waals surface area contributed by atoms with E-state index in [1.807, 2.05) is 19.3 Å². The highest BCUT2D eigenvalue weighted by Crippen LogP contribution is 2.67. The maximum Gasteiger partial charge on any atom is 0.441 e. The Morgan fingerprint density at radius 2 is 1.85 bits per heavy atom. The first-order chi connectivity index (χ1) is 15.5. The van der Waals surface area contributed by atoms with Gasteiger partial charge in [-0.15, -0.1) is 12.1 Å². The van der Waals surface area contributed by atoms with Gasteiger partial charge < -0.3 is 29.6 Å². The lowest BCUT2D eigenvalue weighted by atomic mass is 9.40. The van der Waals surface area contributed by atoms with Crippen LogP contribution >= 0.6 is 0 Å². The predicted molar refractivity (Wildman–Crippen MR) is 119 cm³/mol. The molecule has 0 aromatic carbocycles. The summed E-state index contributed by atoms with van der Waals surface area (Å²) in [5, 5.41) is 35.1. The molecule has 10 nitrogen and oxygen atoms in total. The number of nitrogens with one attached hydrogen (secondary N) is 1. The van der Waals surface area contributed by atoms with Crippen LogP contribution in [-0.2, 0) is 23.9 Å². The number of carbonyl (C=O) groups excluding carboxylic acids is 3. The van der Waals surface area contributed by atoms with Gasteiger partial charge in [-0.3, -0.25) is 4.79 Å². The fourth-order valence-corrected chi connectivity index (χ4v) is 6.72. The van der Waals surface area contributed by atoms with Crippen molar-refractivity contribution in [1.82, 2.24) is 5.48 Å². The number of ether oxygens (including phenoxy) is 2. The Bertz CT molecular complexity index is 890. The van der Waals surface area contributed by atoms with Crippen LogP contribution < -0.4 is 5.48 Å². The van der Waals surface area contributed by atoms with Crippen molar-refractivity contribution in [1.29, 1.82) is 0 Å². The van der Waals surface area contributed by atoms with Gasteiger partial charge in [0.2, 0.25) is 0 Å². The van der Waals surface area contributed by atoms with Gasteiger partial charge in [0.25, 0.3) is 0 Å². The second-order valence-corrected chi connectivity index (χ2v) is 11.1. The van der Waals surface area contributed by atoms with Crippen molar-refractivity contribution in [3.8, 4) is 0 Å². The number of hydrogen-bond acceptors (Lipinski definition) is 9. The van der Waals surface area contributed by atoms with E-state index in [0.717, 1.165) is 0 Å². The van der Waals surface area contributed by atoms with E-state index in [0.29, 0.717) is 6.42 Å². The zero-order chi connectivity index (χ0) is 25.9.